The molecule has 0 atom stereocenters. The number of nitrogens with zero attached hydrogens (tertiary/aromatic N) is 4. The number of carboxylic acid groups (broad SMARTS) is 1. The van der Waals surface area contributed by atoms with E-state index >= 15 is 0 Å². The van der Waals surface area contributed by atoms with Crippen molar-refractivity contribution in [1.29, 1.82) is 0 Å². The second-order valence-electron chi connectivity index (χ2n) is 9.16. The lowest BCUT2D eigenvalue weighted by Gasteiger charge is -2.33. The number of carboxylic acids is 1. The van der Waals surface area contributed by atoms with Gasteiger partial charge < -0.3 is 36.1 Å². The molecule has 0 aliphatic carbocycles. The zero-order chi connectivity index (χ0) is 25.8. The Balaban J connectivity index is 0.000000211. The molecule has 1 amide bonds. The zero-order valence-corrected chi connectivity index (χ0v) is 20.7. The number of fused-ring (bicyclic) bond motifs is 1. The predicted octanol–water partition coefficient (Wildman–Crippen LogP) is 2.08. The molecule has 6 N–H and O–H groups in total. The fraction of sp³-hybridized carbons (Fsp3) is 0.440. The number of carbonyl (C=O) groups excluding carboxylic acids is 1. The molecule has 1 aromatic carbocycles. The SMILES string of the molecule is Cc1[nH]c2ccc(N)cc2c1C.NC(=O)C1CCN(c2cc(C(=O)O)nc(N3CCOCC3)n2)CC1. The van der Waals surface area contributed by atoms with E-state index in [0.717, 1.165) is 5.69 Å². The third-order valence-electron chi connectivity index (χ3n) is 6.77. The highest BCUT2D eigenvalue weighted by Gasteiger charge is 2.26. The number of aromatic amines is 1. The van der Waals surface area contributed by atoms with Crippen LogP contribution in [0.15, 0.2) is 24.3 Å². The number of amides is 1. The first-order valence-corrected chi connectivity index (χ1v) is 12.1. The molecule has 36 heavy (non-hydrogen) atoms. The van der Waals surface area contributed by atoms with E-state index in [-0.39, 0.29) is 17.5 Å². The van der Waals surface area contributed by atoms with Crippen LogP contribution in [0.3, 0.4) is 0 Å². The van der Waals surface area contributed by atoms with Crippen molar-refractivity contribution < 1.29 is 19.4 Å². The molecule has 0 unspecified atom stereocenters. The van der Waals surface area contributed by atoms with Crippen molar-refractivity contribution >= 4 is 40.2 Å². The third-order valence-corrected chi connectivity index (χ3v) is 6.77. The number of benzene rings is 1. The second-order valence-corrected chi connectivity index (χ2v) is 9.16. The maximum absolute atomic E-state index is 11.4. The van der Waals surface area contributed by atoms with Gasteiger partial charge in [-0.25, -0.2) is 9.78 Å². The van der Waals surface area contributed by atoms with Crippen LogP contribution in [0.5, 0.6) is 0 Å². The van der Waals surface area contributed by atoms with Crippen LogP contribution < -0.4 is 21.3 Å². The number of aryl methyl sites for hydroxylation is 2. The summed E-state index contributed by atoms with van der Waals surface area (Å²) in [7, 11) is 0. The lowest BCUT2D eigenvalue weighted by molar-refractivity contribution is -0.122. The largest absolute Gasteiger partial charge is 0.477 e. The van der Waals surface area contributed by atoms with Gasteiger partial charge in [0.1, 0.15) is 5.82 Å². The van der Waals surface area contributed by atoms with Crippen molar-refractivity contribution in [3.05, 3.63) is 41.2 Å². The van der Waals surface area contributed by atoms with Crippen LogP contribution in [-0.2, 0) is 9.53 Å². The number of anilines is 3. The van der Waals surface area contributed by atoms with Crippen LogP contribution in [0, 0.1) is 19.8 Å². The smallest absolute Gasteiger partial charge is 0.354 e. The topological polar surface area (TPSA) is 164 Å². The van der Waals surface area contributed by atoms with Crippen molar-refractivity contribution in [2.45, 2.75) is 26.7 Å². The number of primary amides is 1. The number of carbonyl (C=O) groups is 2. The quantitative estimate of drug-likeness (QED) is 0.397. The minimum absolute atomic E-state index is 0.0292. The van der Waals surface area contributed by atoms with Gasteiger partial charge >= 0.3 is 5.97 Å². The van der Waals surface area contributed by atoms with Gasteiger partial charge in [0.15, 0.2) is 5.69 Å². The lowest BCUT2D eigenvalue weighted by Crippen LogP contribution is -2.40. The van der Waals surface area contributed by atoms with E-state index in [1.807, 2.05) is 28.0 Å². The summed E-state index contributed by atoms with van der Waals surface area (Å²) < 4.78 is 5.31. The summed E-state index contributed by atoms with van der Waals surface area (Å²) in [6.45, 7) is 7.82. The fourth-order valence-corrected chi connectivity index (χ4v) is 4.47. The Labute approximate surface area is 209 Å². The van der Waals surface area contributed by atoms with Gasteiger partial charge in [-0.1, -0.05) is 0 Å². The summed E-state index contributed by atoms with van der Waals surface area (Å²) in [5.41, 5.74) is 15.5. The maximum Gasteiger partial charge on any atom is 0.354 e. The molecule has 0 bridgehead atoms. The highest BCUT2D eigenvalue weighted by Crippen LogP contribution is 2.25. The average Bonchev–Trinajstić information content (AvgIpc) is 3.17. The Morgan fingerprint density at radius 2 is 1.75 bits per heavy atom. The summed E-state index contributed by atoms with van der Waals surface area (Å²) in [5.74, 6) is -0.504. The number of piperidine rings is 1. The molecule has 4 heterocycles. The molecule has 0 spiro atoms. The van der Waals surface area contributed by atoms with E-state index in [4.69, 9.17) is 16.2 Å². The fourth-order valence-electron chi connectivity index (χ4n) is 4.47. The van der Waals surface area contributed by atoms with Crippen LogP contribution in [0.1, 0.15) is 34.6 Å². The predicted molar refractivity (Wildman–Crippen MR) is 138 cm³/mol. The number of aromatic carboxylic acids is 1. The van der Waals surface area contributed by atoms with Gasteiger partial charge in [-0.2, -0.15) is 4.98 Å². The number of hydrogen-bond donors (Lipinski definition) is 4. The number of nitrogens with one attached hydrogen (secondary N) is 1. The Bertz CT molecular complexity index is 1240. The Morgan fingerprint density at radius 1 is 1.06 bits per heavy atom. The van der Waals surface area contributed by atoms with Crippen LogP contribution in [0.25, 0.3) is 10.9 Å². The summed E-state index contributed by atoms with van der Waals surface area (Å²) >= 11 is 0. The molecular formula is C25H33N7O4. The highest BCUT2D eigenvalue weighted by atomic mass is 16.5. The van der Waals surface area contributed by atoms with Crippen LogP contribution in [0.4, 0.5) is 17.5 Å². The van der Waals surface area contributed by atoms with E-state index in [1.54, 1.807) is 0 Å². The van der Waals surface area contributed by atoms with Crippen LogP contribution in [0.2, 0.25) is 0 Å². The van der Waals surface area contributed by atoms with Gasteiger partial charge in [0.05, 0.1) is 13.2 Å². The molecule has 5 rings (SSSR count). The number of ether oxygens (including phenoxy) is 1. The molecule has 2 aromatic heterocycles. The number of morpholine rings is 1. The summed E-state index contributed by atoms with van der Waals surface area (Å²) in [4.78, 5) is 38.6. The van der Waals surface area contributed by atoms with Crippen molar-refractivity contribution in [3.8, 4) is 0 Å². The monoisotopic (exact) mass is 495 g/mol. The summed E-state index contributed by atoms with van der Waals surface area (Å²) in [6.07, 6.45) is 1.29. The van der Waals surface area contributed by atoms with E-state index < -0.39 is 5.97 Å². The van der Waals surface area contributed by atoms with Gasteiger partial charge in [0, 0.05) is 60.4 Å². The highest BCUT2D eigenvalue weighted by molar-refractivity contribution is 5.87. The van der Waals surface area contributed by atoms with Crippen molar-refractivity contribution in [2.75, 3.05) is 54.9 Å². The van der Waals surface area contributed by atoms with Gasteiger partial charge in [0.2, 0.25) is 11.9 Å². The van der Waals surface area contributed by atoms with Gasteiger partial charge in [-0.3, -0.25) is 4.79 Å². The van der Waals surface area contributed by atoms with Gasteiger partial charge in [-0.15, -0.1) is 0 Å². The molecule has 0 saturated carbocycles. The van der Waals surface area contributed by atoms with Gasteiger partial charge in [0.25, 0.3) is 0 Å². The summed E-state index contributed by atoms with van der Waals surface area (Å²) in [5, 5.41) is 10.6. The minimum Gasteiger partial charge on any atom is -0.477 e. The molecular weight excluding hydrogens is 462 g/mol. The molecule has 11 heteroatoms. The molecule has 0 radical (unpaired) electrons. The van der Waals surface area contributed by atoms with Crippen LogP contribution in [-0.4, -0.2) is 71.3 Å². The molecule has 11 nitrogen and oxygen atoms in total. The number of rotatable bonds is 4. The number of nitrogen functional groups attached to an aromatic ring is 1. The second kappa shape index (κ2) is 10.8. The van der Waals surface area contributed by atoms with E-state index in [0.29, 0.717) is 64.0 Å². The first kappa shape index (κ1) is 25.2. The van der Waals surface area contributed by atoms with E-state index in [2.05, 4.69) is 28.8 Å². The van der Waals surface area contributed by atoms with Crippen molar-refractivity contribution in [1.82, 2.24) is 15.0 Å². The molecule has 3 aromatic rings. The number of aromatic nitrogens is 3. The molecule has 2 saturated heterocycles. The zero-order valence-electron chi connectivity index (χ0n) is 20.7. The van der Waals surface area contributed by atoms with Crippen molar-refractivity contribution in [3.63, 3.8) is 0 Å². The molecule has 2 aliphatic heterocycles. The first-order valence-electron chi connectivity index (χ1n) is 12.1. The lowest BCUT2D eigenvalue weighted by atomic mass is 9.96. The van der Waals surface area contributed by atoms with Crippen molar-refractivity contribution in [2.24, 2.45) is 11.7 Å². The number of H-pyrrole nitrogens is 1. The normalized spacial score (nSPS) is 16.5. The Kier molecular flexibility index (Phi) is 7.58. The Morgan fingerprint density at radius 3 is 2.39 bits per heavy atom. The molecule has 192 valence electrons. The molecule has 2 aliphatic rings. The molecule has 2 fully saturated rings. The Hall–Kier alpha value is -3.86. The summed E-state index contributed by atoms with van der Waals surface area (Å²) in [6, 6.07) is 7.42. The van der Waals surface area contributed by atoms with Gasteiger partial charge in [-0.05, 0) is 50.5 Å². The van der Waals surface area contributed by atoms with Crippen LogP contribution >= 0.6 is 0 Å². The van der Waals surface area contributed by atoms with E-state index in [9.17, 15) is 14.7 Å². The first-order chi connectivity index (χ1) is 17.2. The standard InChI is InChI=1S/C15H21N5O4.C10H12N2/c16-13(21)10-1-3-19(4-2-10)12-9-11(14(22)23)17-15(18-12)20-5-7-24-8-6-20;1-6-7(2)12-10-4-3-8(11)5-9(6)10/h9-10H,1-8H2,(H2,16,21)(H,22,23);3-5,12H,11H2,1-2H3. The van der Waals surface area contributed by atoms with E-state index in [1.165, 1.54) is 28.2 Å². The maximum atomic E-state index is 11.4. The average molecular weight is 496 g/mol. The minimum atomic E-state index is -1.08. The third kappa shape index (κ3) is 5.68. The number of nitrogens with two attached hydrogens (primary N) is 2. The number of hydrogen-bond acceptors (Lipinski definition) is 8.